The molecule has 0 aromatic rings. The Morgan fingerprint density at radius 2 is 0.909 bits per heavy atom. The van der Waals surface area contributed by atoms with Gasteiger partial charge in [0, 0.05) is 0 Å². The molecule has 0 fully saturated rings. The molecule has 0 amide bonds. The van der Waals surface area contributed by atoms with Gasteiger partial charge in [0.1, 0.15) is 6.42 Å². The minimum atomic E-state index is -5.14. The van der Waals surface area contributed by atoms with E-state index in [1.165, 1.54) is 0 Å². The zero-order valence-corrected chi connectivity index (χ0v) is 4.85. The summed E-state index contributed by atoms with van der Waals surface area (Å²) in [6, 6.07) is 0. The van der Waals surface area contributed by atoms with Crippen LogP contribution in [0.25, 0.3) is 0 Å². The topological polar surface area (TPSA) is 0 Å². The van der Waals surface area contributed by atoms with E-state index in [-0.39, 0.29) is 0 Å². The lowest BCUT2D eigenvalue weighted by Crippen LogP contribution is -2.20. The van der Waals surface area contributed by atoms with E-state index in [2.05, 4.69) is 7.18 Å². The summed E-state index contributed by atoms with van der Waals surface area (Å²) >= 11 is 0. The first kappa shape index (κ1) is 13.1. The van der Waals surface area contributed by atoms with E-state index in [0.717, 1.165) is 0 Å². The molecule has 7 heteroatoms. The third-order valence-corrected chi connectivity index (χ3v) is 0.401. The first-order chi connectivity index (χ1) is 4.71. The van der Waals surface area contributed by atoms with E-state index in [1.807, 2.05) is 0 Å². The monoisotopic (exact) mass is 183 g/mol. The third-order valence-electron chi connectivity index (χ3n) is 0.401. The summed E-state index contributed by atoms with van der Waals surface area (Å²) < 4.78 is 73.7. The van der Waals surface area contributed by atoms with Gasteiger partial charge in [0.25, 0.3) is 0 Å². The number of halogens is 7. The van der Waals surface area contributed by atoms with Gasteiger partial charge in [-0.25, -0.2) is 4.39 Å². The lowest BCUT2D eigenvalue weighted by Gasteiger charge is -2.08. The van der Waals surface area contributed by atoms with Gasteiger partial charge in [-0.2, -0.15) is 26.3 Å². The van der Waals surface area contributed by atoms with Crippen molar-refractivity contribution in [3.8, 4) is 0 Å². The van der Waals surface area contributed by atoms with Crippen LogP contribution in [0.2, 0.25) is 0 Å². The Bertz CT molecular complexity index is 75.6. The van der Waals surface area contributed by atoms with Gasteiger partial charge in [-0.05, 0) is 0 Å². The van der Waals surface area contributed by atoms with Crippen molar-refractivity contribution in [1.82, 2.24) is 0 Å². The maximum atomic E-state index is 10.8. The van der Waals surface area contributed by atoms with Gasteiger partial charge >= 0.3 is 12.4 Å². The standard InChI is InChI=1S/C3H2F6.CF/c4-2(5,6)1-3(7,8)9;1-2/h1H2;. The molecular weight excluding hydrogens is 181 g/mol. The molecule has 0 spiro atoms. The molecule has 0 aromatic carbocycles. The number of rotatable bonds is 0. The molecule has 0 bridgehead atoms. The smallest absolute Gasteiger partial charge is 0.232 e. The highest BCUT2D eigenvalue weighted by Gasteiger charge is 2.43. The molecule has 0 aromatic heterocycles. The number of alkyl halides is 6. The number of hydrogen-bond donors (Lipinski definition) is 0. The summed E-state index contributed by atoms with van der Waals surface area (Å²) in [5.41, 5.74) is 0. The minimum Gasteiger partial charge on any atom is -0.232 e. The van der Waals surface area contributed by atoms with E-state index in [9.17, 15) is 26.3 Å². The van der Waals surface area contributed by atoms with E-state index >= 15 is 0 Å². The fraction of sp³-hybridized carbons (Fsp3) is 0.750. The van der Waals surface area contributed by atoms with Crippen LogP contribution in [0.15, 0.2) is 0 Å². The highest BCUT2D eigenvalue weighted by atomic mass is 19.4. The Morgan fingerprint density at radius 1 is 0.727 bits per heavy atom. The molecule has 0 nitrogen and oxygen atoms in total. The molecule has 0 rings (SSSR count). The molecule has 0 atom stereocenters. The van der Waals surface area contributed by atoms with Gasteiger partial charge < -0.3 is 0 Å². The van der Waals surface area contributed by atoms with Crippen LogP contribution in [0.1, 0.15) is 6.42 Å². The Morgan fingerprint density at radius 3 is 0.909 bits per heavy atom. The second-order valence-electron chi connectivity index (χ2n) is 1.41. The lowest BCUT2D eigenvalue weighted by atomic mass is 10.4. The van der Waals surface area contributed by atoms with Crippen LogP contribution < -0.4 is 0 Å². The van der Waals surface area contributed by atoms with Gasteiger partial charge in [-0.1, -0.05) is 0 Å². The van der Waals surface area contributed by atoms with Gasteiger partial charge in [-0.15, -0.1) is 0 Å². The second kappa shape index (κ2) is 4.40. The molecule has 0 unspecified atom stereocenters. The van der Waals surface area contributed by atoms with Crippen molar-refractivity contribution in [2.75, 3.05) is 0 Å². The Labute approximate surface area is 58.0 Å². The highest BCUT2D eigenvalue weighted by molar-refractivity contribution is 4.57. The van der Waals surface area contributed by atoms with Gasteiger partial charge in [0.2, 0.25) is 7.18 Å². The van der Waals surface area contributed by atoms with Crippen LogP contribution in [0.5, 0.6) is 0 Å². The number of hydrogen-bond acceptors (Lipinski definition) is 0. The average Bonchev–Trinajstić information content (AvgIpc) is 1.60. The van der Waals surface area contributed by atoms with Crippen molar-refractivity contribution in [3.05, 3.63) is 7.18 Å². The van der Waals surface area contributed by atoms with Crippen molar-refractivity contribution >= 4 is 0 Å². The van der Waals surface area contributed by atoms with Crippen LogP contribution >= 0.6 is 0 Å². The fourth-order valence-corrected chi connectivity index (χ4v) is 0.227. The van der Waals surface area contributed by atoms with Crippen LogP contribution in [0, 0.1) is 7.18 Å². The molecule has 0 saturated carbocycles. The van der Waals surface area contributed by atoms with Gasteiger partial charge in [-0.3, -0.25) is 0 Å². The van der Waals surface area contributed by atoms with Crippen LogP contribution in [-0.2, 0) is 0 Å². The fourth-order valence-electron chi connectivity index (χ4n) is 0.227. The third kappa shape index (κ3) is 17.7. The molecule has 0 N–H and O–H groups in total. The predicted octanol–water partition coefficient (Wildman–Crippen LogP) is 3.00. The minimum absolute atomic E-state index is 2.71. The molecule has 0 aliphatic rings. The summed E-state index contributed by atoms with van der Waals surface area (Å²) in [5.74, 6) is 0. The Balaban J connectivity index is 0. The van der Waals surface area contributed by atoms with Gasteiger partial charge in [0.15, 0.2) is 0 Å². The first-order valence-electron chi connectivity index (χ1n) is 2.03. The summed E-state index contributed by atoms with van der Waals surface area (Å²) in [6.45, 7) is 0. The Kier molecular flexibility index (Phi) is 5.25. The van der Waals surface area contributed by atoms with Crippen molar-refractivity contribution < 1.29 is 30.7 Å². The van der Waals surface area contributed by atoms with E-state index in [4.69, 9.17) is 4.39 Å². The second-order valence-corrected chi connectivity index (χ2v) is 1.41. The average molecular weight is 183 g/mol. The summed E-state index contributed by atoms with van der Waals surface area (Å²) in [4.78, 5) is 0. The molecule has 0 aliphatic heterocycles. The molecular formula is C4H2F7. The van der Waals surface area contributed by atoms with Crippen LogP contribution in [0.3, 0.4) is 0 Å². The SMILES string of the molecule is FC(F)(F)CC(F)(F)F.[C]F. The van der Waals surface area contributed by atoms with Crippen molar-refractivity contribution in [3.63, 3.8) is 0 Å². The Hall–Kier alpha value is -0.490. The zero-order valence-electron chi connectivity index (χ0n) is 4.85. The maximum Gasteiger partial charge on any atom is 0.397 e. The quantitative estimate of drug-likeness (QED) is 0.506. The largest absolute Gasteiger partial charge is 0.397 e. The first-order valence-corrected chi connectivity index (χ1v) is 2.03. The summed E-state index contributed by atoms with van der Waals surface area (Å²) in [5, 5.41) is 0. The zero-order chi connectivity index (χ0) is 9.71. The predicted molar refractivity (Wildman–Crippen MR) is 21.1 cm³/mol. The molecule has 3 radical (unpaired) electrons. The van der Waals surface area contributed by atoms with E-state index in [0.29, 0.717) is 0 Å². The van der Waals surface area contributed by atoms with Crippen LogP contribution in [0.4, 0.5) is 30.7 Å². The van der Waals surface area contributed by atoms with Crippen LogP contribution in [-0.4, -0.2) is 12.4 Å². The molecule has 11 heavy (non-hydrogen) atoms. The highest BCUT2D eigenvalue weighted by Crippen LogP contribution is 2.31. The summed E-state index contributed by atoms with van der Waals surface area (Å²) in [7, 11) is 4.25. The maximum absolute atomic E-state index is 10.8. The normalized spacial score (nSPS) is 12.0. The molecule has 0 aliphatic carbocycles. The van der Waals surface area contributed by atoms with Crippen molar-refractivity contribution in [2.24, 2.45) is 0 Å². The lowest BCUT2D eigenvalue weighted by molar-refractivity contribution is -0.232. The molecule has 0 heterocycles. The van der Waals surface area contributed by atoms with E-state index in [1.54, 1.807) is 0 Å². The summed E-state index contributed by atoms with van der Waals surface area (Å²) in [6.07, 6.45) is -13.0. The van der Waals surface area contributed by atoms with E-state index < -0.39 is 18.8 Å². The van der Waals surface area contributed by atoms with Crippen molar-refractivity contribution in [2.45, 2.75) is 18.8 Å². The molecule has 0 saturated heterocycles. The van der Waals surface area contributed by atoms with Gasteiger partial charge in [0.05, 0.1) is 0 Å². The molecule has 67 valence electrons. The van der Waals surface area contributed by atoms with Crippen molar-refractivity contribution in [1.29, 1.82) is 0 Å².